The minimum atomic E-state index is 0.440. The summed E-state index contributed by atoms with van der Waals surface area (Å²) in [6.07, 6.45) is 5.55. The fraction of sp³-hybridized carbons (Fsp3) is 0.579. The predicted molar refractivity (Wildman–Crippen MR) is 93.5 cm³/mol. The van der Waals surface area contributed by atoms with Gasteiger partial charge in [-0.2, -0.15) is 5.10 Å². The van der Waals surface area contributed by atoms with E-state index in [0.29, 0.717) is 11.8 Å². The lowest BCUT2D eigenvalue weighted by Gasteiger charge is -2.22. The minimum absolute atomic E-state index is 0.440. The van der Waals surface area contributed by atoms with Crippen LogP contribution in [0, 0.1) is 5.92 Å². The highest BCUT2D eigenvalue weighted by Gasteiger charge is 2.24. The first-order chi connectivity index (χ1) is 11.9. The first kappa shape index (κ1) is 15.8. The van der Waals surface area contributed by atoms with Crippen LogP contribution < -0.4 is 5.32 Å². The molecule has 2 aliphatic rings. The van der Waals surface area contributed by atoms with E-state index in [4.69, 9.17) is 14.8 Å². The van der Waals surface area contributed by atoms with Crippen LogP contribution in [0.2, 0.25) is 0 Å². The second kappa shape index (κ2) is 7.45. The Morgan fingerprint density at radius 1 is 1.04 bits per heavy atom. The van der Waals surface area contributed by atoms with E-state index < -0.39 is 0 Å². The topological polar surface area (TPSA) is 52.0 Å². The van der Waals surface area contributed by atoms with Gasteiger partial charge in [-0.05, 0) is 56.8 Å². The molecule has 4 rings (SSSR count). The smallest absolute Gasteiger partial charge is 0.154 e. The van der Waals surface area contributed by atoms with Gasteiger partial charge in [0.15, 0.2) is 5.82 Å². The molecule has 0 aliphatic carbocycles. The third kappa shape index (κ3) is 3.52. The summed E-state index contributed by atoms with van der Waals surface area (Å²) in [7, 11) is 0. The zero-order valence-electron chi connectivity index (χ0n) is 14.2. The highest BCUT2D eigenvalue weighted by molar-refractivity contribution is 5.31. The Bertz CT molecular complexity index is 643. The zero-order valence-corrected chi connectivity index (χ0v) is 14.2. The van der Waals surface area contributed by atoms with Crippen LogP contribution in [-0.4, -0.2) is 41.1 Å². The second-order valence-electron chi connectivity index (χ2n) is 6.92. The molecule has 0 amide bonds. The van der Waals surface area contributed by atoms with Gasteiger partial charge in [-0.25, -0.2) is 9.67 Å². The molecule has 0 unspecified atom stereocenters. The highest BCUT2D eigenvalue weighted by Crippen LogP contribution is 2.27. The Morgan fingerprint density at radius 3 is 2.54 bits per heavy atom. The molecule has 0 saturated carbocycles. The average molecular weight is 326 g/mol. The van der Waals surface area contributed by atoms with E-state index in [0.717, 1.165) is 62.9 Å². The number of ether oxygens (including phenoxy) is 1. The molecular weight excluding hydrogens is 300 g/mol. The summed E-state index contributed by atoms with van der Waals surface area (Å²) in [6.45, 7) is 3.90. The van der Waals surface area contributed by atoms with E-state index in [1.54, 1.807) is 0 Å². The minimum Gasteiger partial charge on any atom is -0.381 e. The van der Waals surface area contributed by atoms with E-state index in [9.17, 15) is 0 Å². The number of benzene rings is 1. The summed E-state index contributed by atoms with van der Waals surface area (Å²) < 4.78 is 7.57. The molecule has 0 bridgehead atoms. The molecule has 3 heterocycles. The van der Waals surface area contributed by atoms with Crippen molar-refractivity contribution in [2.24, 2.45) is 5.92 Å². The number of rotatable bonds is 4. The molecule has 1 aromatic carbocycles. The van der Waals surface area contributed by atoms with Crippen LogP contribution >= 0.6 is 0 Å². The largest absolute Gasteiger partial charge is 0.381 e. The van der Waals surface area contributed by atoms with Gasteiger partial charge in [0.05, 0.1) is 5.69 Å². The van der Waals surface area contributed by atoms with Crippen LogP contribution in [0.3, 0.4) is 0 Å². The molecule has 128 valence electrons. The van der Waals surface area contributed by atoms with Gasteiger partial charge in [0.1, 0.15) is 5.82 Å². The Hall–Kier alpha value is -1.72. The third-order valence-corrected chi connectivity index (χ3v) is 5.21. The monoisotopic (exact) mass is 326 g/mol. The molecule has 2 aromatic rings. The normalized spacial score (nSPS) is 20.3. The van der Waals surface area contributed by atoms with Crippen LogP contribution in [-0.2, 0) is 11.2 Å². The summed E-state index contributed by atoms with van der Waals surface area (Å²) in [6, 6.07) is 10.4. The number of aromatic nitrogens is 3. The van der Waals surface area contributed by atoms with Crippen molar-refractivity contribution >= 4 is 0 Å². The molecule has 1 aromatic heterocycles. The number of nitrogens with one attached hydrogen (secondary N) is 1. The van der Waals surface area contributed by atoms with Crippen molar-refractivity contribution < 1.29 is 4.74 Å². The standard InChI is InChI=1S/C19H26N4O/c1-2-4-17(5-3-1)23-18(14-15-6-10-20-11-7-15)21-19(22-23)16-8-12-24-13-9-16/h1-5,15-16,20H,6-14H2. The zero-order chi connectivity index (χ0) is 16.2. The summed E-state index contributed by atoms with van der Waals surface area (Å²) in [4.78, 5) is 4.98. The molecule has 5 heteroatoms. The van der Waals surface area contributed by atoms with Gasteiger partial charge >= 0.3 is 0 Å². The molecule has 0 atom stereocenters. The van der Waals surface area contributed by atoms with Crippen LogP contribution in [0.4, 0.5) is 0 Å². The molecule has 1 N–H and O–H groups in total. The molecule has 5 nitrogen and oxygen atoms in total. The van der Waals surface area contributed by atoms with E-state index in [1.165, 1.54) is 12.8 Å². The number of hydrogen-bond donors (Lipinski definition) is 1. The summed E-state index contributed by atoms with van der Waals surface area (Å²) >= 11 is 0. The lowest BCUT2D eigenvalue weighted by molar-refractivity contribution is 0.0836. The van der Waals surface area contributed by atoms with Gasteiger partial charge < -0.3 is 10.1 Å². The summed E-state index contributed by atoms with van der Waals surface area (Å²) in [5.74, 6) is 3.27. The van der Waals surface area contributed by atoms with Gasteiger partial charge in [0.2, 0.25) is 0 Å². The molecule has 0 spiro atoms. The molecule has 0 radical (unpaired) electrons. The lowest BCUT2D eigenvalue weighted by Crippen LogP contribution is -2.29. The average Bonchev–Trinajstić information content (AvgIpc) is 3.08. The van der Waals surface area contributed by atoms with Crippen molar-refractivity contribution in [3.63, 3.8) is 0 Å². The van der Waals surface area contributed by atoms with Crippen molar-refractivity contribution in [2.45, 2.75) is 38.0 Å². The number of piperidine rings is 1. The second-order valence-corrected chi connectivity index (χ2v) is 6.92. The summed E-state index contributed by atoms with van der Waals surface area (Å²) in [5.41, 5.74) is 1.12. The van der Waals surface area contributed by atoms with Crippen LogP contribution in [0.15, 0.2) is 30.3 Å². The number of para-hydroxylation sites is 1. The van der Waals surface area contributed by atoms with E-state index in [-0.39, 0.29) is 0 Å². The van der Waals surface area contributed by atoms with E-state index >= 15 is 0 Å². The highest BCUT2D eigenvalue weighted by atomic mass is 16.5. The van der Waals surface area contributed by atoms with Gasteiger partial charge in [-0.15, -0.1) is 0 Å². The van der Waals surface area contributed by atoms with Gasteiger partial charge in [-0.3, -0.25) is 0 Å². The SMILES string of the molecule is c1ccc(-n2nc(C3CCOCC3)nc2CC2CCNCC2)cc1. The fourth-order valence-corrected chi connectivity index (χ4v) is 3.74. The Kier molecular flexibility index (Phi) is 4.90. The van der Waals surface area contributed by atoms with Crippen molar-refractivity contribution in [2.75, 3.05) is 26.3 Å². The van der Waals surface area contributed by atoms with Gasteiger partial charge in [0, 0.05) is 25.6 Å². The summed E-state index contributed by atoms with van der Waals surface area (Å²) in [5, 5.41) is 8.35. The van der Waals surface area contributed by atoms with Crippen molar-refractivity contribution in [3.05, 3.63) is 42.0 Å². The van der Waals surface area contributed by atoms with E-state index in [2.05, 4.69) is 34.3 Å². The van der Waals surface area contributed by atoms with Gasteiger partial charge in [0.25, 0.3) is 0 Å². The first-order valence-electron chi connectivity index (χ1n) is 9.20. The quantitative estimate of drug-likeness (QED) is 0.938. The first-order valence-corrected chi connectivity index (χ1v) is 9.20. The third-order valence-electron chi connectivity index (χ3n) is 5.21. The van der Waals surface area contributed by atoms with E-state index in [1.807, 2.05) is 6.07 Å². The van der Waals surface area contributed by atoms with Crippen LogP contribution in [0.5, 0.6) is 0 Å². The fourth-order valence-electron chi connectivity index (χ4n) is 3.74. The maximum Gasteiger partial charge on any atom is 0.154 e. The van der Waals surface area contributed by atoms with Crippen molar-refractivity contribution in [1.82, 2.24) is 20.1 Å². The van der Waals surface area contributed by atoms with Crippen molar-refractivity contribution in [3.8, 4) is 5.69 Å². The van der Waals surface area contributed by atoms with Crippen LogP contribution in [0.25, 0.3) is 5.69 Å². The Balaban J connectivity index is 1.62. The van der Waals surface area contributed by atoms with Gasteiger partial charge in [-0.1, -0.05) is 18.2 Å². The number of nitrogens with zero attached hydrogens (tertiary/aromatic N) is 3. The van der Waals surface area contributed by atoms with Crippen LogP contribution in [0.1, 0.15) is 43.3 Å². The molecule has 2 fully saturated rings. The Morgan fingerprint density at radius 2 is 1.79 bits per heavy atom. The maximum atomic E-state index is 5.50. The Labute approximate surface area is 143 Å². The van der Waals surface area contributed by atoms with Crippen molar-refractivity contribution in [1.29, 1.82) is 0 Å². The number of hydrogen-bond acceptors (Lipinski definition) is 4. The molecule has 24 heavy (non-hydrogen) atoms. The lowest BCUT2D eigenvalue weighted by atomic mass is 9.94. The molecule has 2 aliphatic heterocycles. The maximum absolute atomic E-state index is 5.50. The molecular formula is C19H26N4O. The molecule has 2 saturated heterocycles. The predicted octanol–water partition coefficient (Wildman–Crippen LogP) is 2.70.